The van der Waals surface area contributed by atoms with E-state index >= 15 is 0 Å². The molecule has 0 radical (unpaired) electrons. The van der Waals surface area contributed by atoms with Crippen LogP contribution in [0.3, 0.4) is 0 Å². The highest BCUT2D eigenvalue weighted by Gasteiger charge is 2.18. The first-order valence-electron chi connectivity index (χ1n) is 5.06. The molecule has 1 aromatic rings. The second-order valence-electron chi connectivity index (χ2n) is 3.74. The first-order valence-corrected chi connectivity index (χ1v) is 6.54. The number of aryl methyl sites for hydroxylation is 1. The van der Waals surface area contributed by atoms with Crippen LogP contribution in [0.2, 0.25) is 0 Å². The lowest BCUT2D eigenvalue weighted by atomic mass is 10.2. The highest BCUT2D eigenvalue weighted by molar-refractivity contribution is 7.89. The van der Waals surface area contributed by atoms with Crippen LogP contribution in [-0.4, -0.2) is 14.5 Å². The molecule has 0 aliphatic rings. The van der Waals surface area contributed by atoms with Gasteiger partial charge in [-0.25, -0.2) is 13.1 Å². The van der Waals surface area contributed by atoms with Gasteiger partial charge in [-0.2, -0.15) is 5.26 Å². The Labute approximate surface area is 102 Å². The van der Waals surface area contributed by atoms with Gasteiger partial charge in [0.1, 0.15) is 0 Å². The average molecular weight is 250 g/mol. The Morgan fingerprint density at radius 3 is 2.65 bits per heavy atom. The summed E-state index contributed by atoms with van der Waals surface area (Å²) in [5.41, 5.74) is 0.992. The Morgan fingerprint density at radius 2 is 2.18 bits per heavy atom. The summed E-state index contributed by atoms with van der Waals surface area (Å²) < 4.78 is 26.4. The van der Waals surface area contributed by atoms with Crippen molar-refractivity contribution >= 4 is 10.0 Å². The van der Waals surface area contributed by atoms with Crippen molar-refractivity contribution in [3.8, 4) is 6.07 Å². The average Bonchev–Trinajstić information content (AvgIpc) is 2.27. The number of hydrogen-bond acceptors (Lipinski definition) is 3. The first-order chi connectivity index (χ1) is 7.90. The van der Waals surface area contributed by atoms with Gasteiger partial charge in [-0.3, -0.25) is 0 Å². The second kappa shape index (κ2) is 5.13. The maximum absolute atomic E-state index is 12.0. The van der Waals surface area contributed by atoms with Crippen molar-refractivity contribution in [1.29, 1.82) is 5.26 Å². The van der Waals surface area contributed by atoms with Crippen LogP contribution in [0.1, 0.15) is 18.1 Å². The molecule has 0 saturated heterocycles. The summed E-state index contributed by atoms with van der Waals surface area (Å²) in [4.78, 5) is 0.185. The number of sulfonamides is 1. The van der Waals surface area contributed by atoms with Gasteiger partial charge >= 0.3 is 0 Å². The fraction of sp³-hybridized carbons (Fsp3) is 0.250. The highest BCUT2D eigenvalue weighted by atomic mass is 32.2. The second-order valence-corrected chi connectivity index (χ2v) is 5.42. The number of hydrogen-bond donors (Lipinski definition) is 1. The molecule has 0 spiro atoms. The molecule has 0 fully saturated rings. The molecule has 0 aliphatic heterocycles. The van der Waals surface area contributed by atoms with Gasteiger partial charge in [0.25, 0.3) is 0 Å². The van der Waals surface area contributed by atoms with E-state index in [1.165, 1.54) is 18.2 Å². The molecular formula is C12H14N2O2S. The van der Waals surface area contributed by atoms with Crippen LogP contribution in [0.4, 0.5) is 0 Å². The van der Waals surface area contributed by atoms with Crippen LogP contribution in [0, 0.1) is 18.3 Å². The van der Waals surface area contributed by atoms with Crippen LogP contribution in [0.15, 0.2) is 35.7 Å². The third-order valence-corrected chi connectivity index (χ3v) is 4.01. The van der Waals surface area contributed by atoms with Gasteiger partial charge in [-0.15, -0.1) is 6.58 Å². The van der Waals surface area contributed by atoms with E-state index in [4.69, 9.17) is 5.26 Å². The van der Waals surface area contributed by atoms with Crippen molar-refractivity contribution in [2.45, 2.75) is 24.8 Å². The SMILES string of the molecule is C=CC(C)NS(=O)(=O)c1ccc(C#N)cc1C. The zero-order valence-electron chi connectivity index (χ0n) is 9.77. The number of benzene rings is 1. The van der Waals surface area contributed by atoms with Gasteiger partial charge in [0.05, 0.1) is 16.5 Å². The minimum atomic E-state index is -3.56. The Hall–Kier alpha value is -1.64. The lowest BCUT2D eigenvalue weighted by molar-refractivity contribution is 0.575. The number of rotatable bonds is 4. The molecule has 0 saturated carbocycles. The van der Waals surface area contributed by atoms with E-state index < -0.39 is 10.0 Å². The van der Waals surface area contributed by atoms with Gasteiger partial charge in [0, 0.05) is 6.04 Å². The van der Waals surface area contributed by atoms with Gasteiger partial charge in [-0.1, -0.05) is 6.08 Å². The first kappa shape index (κ1) is 13.4. The van der Waals surface area contributed by atoms with Crippen molar-refractivity contribution in [3.05, 3.63) is 42.0 Å². The molecule has 0 heterocycles. The van der Waals surface area contributed by atoms with E-state index in [1.807, 2.05) is 6.07 Å². The summed E-state index contributed by atoms with van der Waals surface area (Å²) >= 11 is 0. The van der Waals surface area contributed by atoms with Gasteiger partial charge in [-0.05, 0) is 37.6 Å². The van der Waals surface area contributed by atoms with Gasteiger partial charge in [0.15, 0.2) is 0 Å². The van der Waals surface area contributed by atoms with Crippen molar-refractivity contribution in [2.75, 3.05) is 0 Å². The smallest absolute Gasteiger partial charge is 0.207 e. The minimum absolute atomic E-state index is 0.185. The Balaban J connectivity index is 3.17. The lowest BCUT2D eigenvalue weighted by Crippen LogP contribution is -2.31. The Bertz CT molecular complexity index is 571. The van der Waals surface area contributed by atoms with Crippen LogP contribution in [0.5, 0.6) is 0 Å². The van der Waals surface area contributed by atoms with E-state index in [-0.39, 0.29) is 10.9 Å². The summed E-state index contributed by atoms with van der Waals surface area (Å²) in [6, 6.07) is 6.10. The molecule has 1 N–H and O–H groups in total. The fourth-order valence-electron chi connectivity index (χ4n) is 1.38. The molecule has 0 amide bonds. The van der Waals surface area contributed by atoms with Crippen molar-refractivity contribution < 1.29 is 8.42 Å². The van der Waals surface area contributed by atoms with Crippen molar-refractivity contribution in [3.63, 3.8) is 0 Å². The Morgan fingerprint density at radius 1 is 1.53 bits per heavy atom. The summed E-state index contributed by atoms with van der Waals surface area (Å²) in [7, 11) is -3.56. The Kier molecular flexibility index (Phi) is 4.05. The molecule has 0 bridgehead atoms. The van der Waals surface area contributed by atoms with E-state index in [0.29, 0.717) is 11.1 Å². The van der Waals surface area contributed by atoms with Crippen LogP contribution in [-0.2, 0) is 10.0 Å². The molecule has 5 heteroatoms. The number of nitrogens with one attached hydrogen (secondary N) is 1. The molecule has 17 heavy (non-hydrogen) atoms. The van der Waals surface area contributed by atoms with Crippen molar-refractivity contribution in [1.82, 2.24) is 4.72 Å². The molecular weight excluding hydrogens is 236 g/mol. The standard InChI is InChI=1S/C12H14N2O2S/c1-4-10(3)14-17(15,16)12-6-5-11(8-13)7-9(12)2/h4-7,10,14H,1H2,2-3H3. The molecule has 1 atom stereocenters. The predicted octanol–water partition coefficient (Wildman–Crippen LogP) is 1.72. The van der Waals surface area contributed by atoms with E-state index in [0.717, 1.165) is 0 Å². The molecule has 90 valence electrons. The normalized spacial score (nSPS) is 12.8. The molecule has 1 unspecified atom stereocenters. The monoisotopic (exact) mass is 250 g/mol. The third-order valence-electron chi connectivity index (χ3n) is 2.29. The van der Waals surface area contributed by atoms with Gasteiger partial charge in [0.2, 0.25) is 10.0 Å². The number of nitrogens with zero attached hydrogens (tertiary/aromatic N) is 1. The van der Waals surface area contributed by atoms with E-state index in [2.05, 4.69) is 11.3 Å². The summed E-state index contributed by atoms with van der Waals surface area (Å²) in [6.45, 7) is 6.88. The highest BCUT2D eigenvalue weighted by Crippen LogP contribution is 2.16. The molecule has 4 nitrogen and oxygen atoms in total. The topological polar surface area (TPSA) is 70.0 Å². The maximum atomic E-state index is 12.0. The van der Waals surface area contributed by atoms with Crippen molar-refractivity contribution in [2.24, 2.45) is 0 Å². The minimum Gasteiger partial charge on any atom is -0.207 e. The summed E-state index contributed by atoms with van der Waals surface area (Å²) in [6.07, 6.45) is 1.51. The summed E-state index contributed by atoms with van der Waals surface area (Å²) in [5.74, 6) is 0. The van der Waals surface area contributed by atoms with Crippen LogP contribution in [0.25, 0.3) is 0 Å². The van der Waals surface area contributed by atoms with E-state index in [1.54, 1.807) is 19.9 Å². The third kappa shape index (κ3) is 3.16. The molecule has 0 aliphatic carbocycles. The van der Waals surface area contributed by atoms with Crippen LogP contribution >= 0.6 is 0 Å². The maximum Gasteiger partial charge on any atom is 0.241 e. The van der Waals surface area contributed by atoms with Crippen LogP contribution < -0.4 is 4.72 Å². The zero-order chi connectivity index (χ0) is 13.1. The van der Waals surface area contributed by atoms with Gasteiger partial charge < -0.3 is 0 Å². The number of nitriles is 1. The zero-order valence-corrected chi connectivity index (χ0v) is 10.6. The fourth-order valence-corrected chi connectivity index (χ4v) is 2.82. The lowest BCUT2D eigenvalue weighted by Gasteiger charge is -2.12. The van der Waals surface area contributed by atoms with E-state index in [9.17, 15) is 8.42 Å². The molecule has 0 aromatic heterocycles. The summed E-state index contributed by atoms with van der Waals surface area (Å²) in [5, 5.41) is 8.71. The molecule has 1 rings (SSSR count). The predicted molar refractivity (Wildman–Crippen MR) is 65.9 cm³/mol. The quantitative estimate of drug-likeness (QED) is 0.827. The molecule has 1 aromatic carbocycles. The largest absolute Gasteiger partial charge is 0.241 e.